The predicted molar refractivity (Wildman–Crippen MR) is 50.0 cm³/mol. The monoisotopic (exact) mass is 192 g/mol. The van der Waals surface area contributed by atoms with Gasteiger partial charge in [-0.2, -0.15) is 0 Å². The van der Waals surface area contributed by atoms with Gasteiger partial charge in [-0.25, -0.2) is 4.79 Å². The molecule has 14 heavy (non-hydrogen) atoms. The molecular weight excluding hydrogens is 182 g/mol. The zero-order valence-corrected chi connectivity index (χ0v) is 7.47. The Bertz CT molecular complexity index is 287. The van der Waals surface area contributed by atoms with E-state index in [4.69, 9.17) is 4.74 Å². The molecule has 0 saturated carbocycles. The van der Waals surface area contributed by atoms with Gasteiger partial charge < -0.3 is 10.1 Å². The Kier molecular flexibility index (Phi) is 4.20. The molecule has 0 fully saturated rings. The molecular formula is C10H10NO3. The van der Waals surface area contributed by atoms with Gasteiger partial charge in [-0.3, -0.25) is 4.79 Å². The smallest absolute Gasteiger partial charge is 0.418 e. The van der Waals surface area contributed by atoms with Crippen molar-refractivity contribution in [3.63, 3.8) is 0 Å². The Morgan fingerprint density at radius 2 is 2.14 bits per heavy atom. The van der Waals surface area contributed by atoms with E-state index in [9.17, 15) is 9.59 Å². The van der Waals surface area contributed by atoms with Crippen LogP contribution in [-0.2, 0) is 14.3 Å². The van der Waals surface area contributed by atoms with Crippen molar-refractivity contribution in [1.82, 2.24) is 5.32 Å². The minimum absolute atomic E-state index is 0.253. The summed E-state index contributed by atoms with van der Waals surface area (Å²) in [5.41, 5.74) is 0.824. The second-order valence-corrected chi connectivity index (χ2v) is 2.63. The van der Waals surface area contributed by atoms with Gasteiger partial charge >= 0.3 is 6.47 Å². The molecule has 1 aromatic rings. The highest BCUT2D eigenvalue weighted by molar-refractivity contribution is 5.46. The fourth-order valence-corrected chi connectivity index (χ4v) is 1.11. The van der Waals surface area contributed by atoms with Crippen LogP contribution in [0.4, 0.5) is 0 Å². The fourth-order valence-electron chi connectivity index (χ4n) is 1.11. The molecule has 0 aromatic heterocycles. The maximum absolute atomic E-state index is 10.1. The molecule has 1 rings (SSSR count). The number of hydrogen-bond acceptors (Lipinski definition) is 3. The van der Waals surface area contributed by atoms with Gasteiger partial charge in [0, 0.05) is 0 Å². The number of nitrogens with one attached hydrogen (secondary N) is 1. The molecule has 0 spiro atoms. The molecule has 1 N–H and O–H groups in total. The van der Waals surface area contributed by atoms with Gasteiger partial charge in [-0.15, -0.1) is 0 Å². The third kappa shape index (κ3) is 2.90. The molecule has 0 heterocycles. The highest BCUT2D eigenvalue weighted by atomic mass is 16.5. The standard InChI is InChI=1S/C10H10NO3/c12-7-11-6-10(14-8-13)9-4-2-1-3-5-9/h1-5,7,10H,6H2,(H,11,12). The summed E-state index contributed by atoms with van der Waals surface area (Å²) in [6.45, 7) is 1.62. The van der Waals surface area contributed by atoms with E-state index in [1.54, 1.807) is 0 Å². The van der Waals surface area contributed by atoms with Crippen LogP contribution in [0.15, 0.2) is 30.3 Å². The summed E-state index contributed by atoms with van der Waals surface area (Å²) in [4.78, 5) is 20.2. The van der Waals surface area contributed by atoms with Gasteiger partial charge in [-0.1, -0.05) is 30.3 Å². The normalized spacial score (nSPS) is 11.4. The van der Waals surface area contributed by atoms with Crippen molar-refractivity contribution in [3.8, 4) is 0 Å². The molecule has 73 valence electrons. The van der Waals surface area contributed by atoms with E-state index in [2.05, 4.69) is 5.32 Å². The van der Waals surface area contributed by atoms with Crippen LogP contribution >= 0.6 is 0 Å². The summed E-state index contributed by atoms with van der Waals surface area (Å²) in [5, 5.41) is 2.45. The molecule has 1 radical (unpaired) electrons. The molecule has 1 unspecified atom stereocenters. The largest absolute Gasteiger partial charge is 0.447 e. The van der Waals surface area contributed by atoms with Crippen molar-refractivity contribution in [2.75, 3.05) is 6.54 Å². The van der Waals surface area contributed by atoms with Crippen LogP contribution < -0.4 is 5.32 Å². The van der Waals surface area contributed by atoms with Gasteiger partial charge in [0.25, 0.3) is 0 Å². The van der Waals surface area contributed by atoms with E-state index in [1.807, 2.05) is 30.3 Å². The second-order valence-electron chi connectivity index (χ2n) is 2.63. The summed E-state index contributed by atoms with van der Waals surface area (Å²) in [5.74, 6) is 0. The summed E-state index contributed by atoms with van der Waals surface area (Å²) in [6.07, 6.45) is 0.0864. The number of ether oxygens (including phenoxy) is 1. The zero-order chi connectivity index (χ0) is 10.2. The minimum atomic E-state index is -0.473. The predicted octanol–water partition coefficient (Wildman–Crippen LogP) is 0.557. The first-order chi connectivity index (χ1) is 6.88. The van der Waals surface area contributed by atoms with E-state index >= 15 is 0 Å². The van der Waals surface area contributed by atoms with E-state index in [1.165, 1.54) is 6.47 Å². The number of carbonyl (C=O) groups excluding carboxylic acids is 2. The van der Waals surface area contributed by atoms with Gasteiger partial charge in [0.15, 0.2) is 0 Å². The summed E-state index contributed by atoms with van der Waals surface area (Å²) in [6, 6.07) is 9.15. The Morgan fingerprint density at radius 1 is 1.43 bits per heavy atom. The average molecular weight is 192 g/mol. The maximum atomic E-state index is 10.1. The Balaban J connectivity index is 2.66. The first-order valence-electron chi connectivity index (χ1n) is 4.13. The Hall–Kier alpha value is -1.84. The lowest BCUT2D eigenvalue weighted by atomic mass is 10.1. The molecule has 1 atom stereocenters. The molecule has 0 aliphatic rings. The van der Waals surface area contributed by atoms with Crippen LogP contribution in [-0.4, -0.2) is 19.4 Å². The zero-order valence-electron chi connectivity index (χ0n) is 7.47. The molecule has 0 bridgehead atoms. The molecule has 4 heteroatoms. The molecule has 0 aliphatic heterocycles. The van der Waals surface area contributed by atoms with E-state index in [0.29, 0.717) is 6.41 Å². The van der Waals surface area contributed by atoms with E-state index in [0.717, 1.165) is 5.56 Å². The molecule has 4 nitrogen and oxygen atoms in total. The minimum Gasteiger partial charge on any atom is -0.447 e. The van der Waals surface area contributed by atoms with Crippen molar-refractivity contribution in [2.45, 2.75) is 6.10 Å². The SMILES string of the molecule is O=[C]OC(CNC=O)c1ccccc1. The highest BCUT2D eigenvalue weighted by Crippen LogP contribution is 2.14. The third-order valence-corrected chi connectivity index (χ3v) is 1.75. The van der Waals surface area contributed by atoms with Gasteiger partial charge in [0.05, 0.1) is 6.54 Å². The third-order valence-electron chi connectivity index (χ3n) is 1.75. The lowest BCUT2D eigenvalue weighted by Crippen LogP contribution is -2.21. The maximum Gasteiger partial charge on any atom is 0.418 e. The van der Waals surface area contributed by atoms with Gasteiger partial charge in [0.1, 0.15) is 6.10 Å². The first-order valence-corrected chi connectivity index (χ1v) is 4.13. The Morgan fingerprint density at radius 3 is 2.71 bits per heavy atom. The van der Waals surface area contributed by atoms with Crippen LogP contribution in [0.2, 0.25) is 0 Å². The van der Waals surface area contributed by atoms with Crippen LogP contribution in [0.3, 0.4) is 0 Å². The van der Waals surface area contributed by atoms with Crippen LogP contribution in [0.1, 0.15) is 11.7 Å². The van der Waals surface area contributed by atoms with Crippen molar-refractivity contribution >= 4 is 12.9 Å². The fraction of sp³-hybridized carbons (Fsp3) is 0.200. The number of carbonyl (C=O) groups is 1. The quantitative estimate of drug-likeness (QED) is 0.670. The van der Waals surface area contributed by atoms with Crippen LogP contribution in [0.5, 0.6) is 0 Å². The molecule has 0 saturated heterocycles. The number of amides is 1. The number of benzene rings is 1. The average Bonchev–Trinajstić information content (AvgIpc) is 2.25. The van der Waals surface area contributed by atoms with Crippen LogP contribution in [0, 0.1) is 0 Å². The number of rotatable bonds is 6. The second kappa shape index (κ2) is 5.75. The van der Waals surface area contributed by atoms with Crippen molar-refractivity contribution in [2.24, 2.45) is 0 Å². The lowest BCUT2D eigenvalue weighted by molar-refractivity contribution is -0.109. The van der Waals surface area contributed by atoms with E-state index in [-0.39, 0.29) is 6.54 Å². The number of hydrogen-bond donors (Lipinski definition) is 1. The van der Waals surface area contributed by atoms with Crippen molar-refractivity contribution in [3.05, 3.63) is 35.9 Å². The van der Waals surface area contributed by atoms with Crippen molar-refractivity contribution < 1.29 is 14.3 Å². The summed E-state index contributed by atoms with van der Waals surface area (Å²) < 4.78 is 4.70. The topological polar surface area (TPSA) is 55.4 Å². The lowest BCUT2D eigenvalue weighted by Gasteiger charge is -2.13. The van der Waals surface area contributed by atoms with Gasteiger partial charge in [0.2, 0.25) is 6.41 Å². The molecule has 0 aliphatic carbocycles. The van der Waals surface area contributed by atoms with Crippen LogP contribution in [0.25, 0.3) is 0 Å². The van der Waals surface area contributed by atoms with Gasteiger partial charge in [-0.05, 0) is 5.56 Å². The Labute approximate surface area is 81.9 Å². The highest BCUT2D eigenvalue weighted by Gasteiger charge is 2.10. The summed E-state index contributed by atoms with van der Waals surface area (Å²) >= 11 is 0. The summed E-state index contributed by atoms with van der Waals surface area (Å²) in [7, 11) is 0. The van der Waals surface area contributed by atoms with E-state index < -0.39 is 6.10 Å². The van der Waals surface area contributed by atoms with Crippen molar-refractivity contribution in [1.29, 1.82) is 0 Å². The molecule has 1 amide bonds. The first kappa shape index (κ1) is 10.2. The molecule has 1 aromatic carbocycles.